The van der Waals surface area contributed by atoms with Crippen LogP contribution in [0.5, 0.6) is 0 Å². The van der Waals surface area contributed by atoms with Gasteiger partial charge in [-0.15, -0.1) is 0 Å². The maximum atomic E-state index is 12.3. The van der Waals surface area contributed by atoms with Gasteiger partial charge in [0.05, 0.1) is 12.6 Å². The van der Waals surface area contributed by atoms with Gasteiger partial charge in [-0.1, -0.05) is 18.2 Å². The zero-order valence-electron chi connectivity index (χ0n) is 11.1. The lowest BCUT2D eigenvalue weighted by atomic mass is 10.1. The van der Waals surface area contributed by atoms with E-state index < -0.39 is 0 Å². The summed E-state index contributed by atoms with van der Waals surface area (Å²) in [6.45, 7) is 2.55. The van der Waals surface area contributed by atoms with Gasteiger partial charge in [0.15, 0.2) is 0 Å². The number of nitrogens with one attached hydrogen (secondary N) is 1. The van der Waals surface area contributed by atoms with E-state index in [0.717, 1.165) is 12.1 Å². The number of carbonyl (C=O) groups is 1. The van der Waals surface area contributed by atoms with Crippen molar-refractivity contribution in [2.75, 3.05) is 26.1 Å². The van der Waals surface area contributed by atoms with Gasteiger partial charge in [0.25, 0.3) is 0 Å². The number of methoxy groups -OCH3 is 1. The van der Waals surface area contributed by atoms with Gasteiger partial charge in [0.2, 0.25) is 5.91 Å². The molecule has 0 spiro atoms. The van der Waals surface area contributed by atoms with E-state index in [4.69, 9.17) is 4.74 Å². The second-order valence-corrected chi connectivity index (χ2v) is 4.81. The maximum Gasteiger partial charge on any atom is 0.245 e. The number of para-hydroxylation sites is 1. The average Bonchev–Trinajstić information content (AvgIpc) is 2.81. The fourth-order valence-corrected chi connectivity index (χ4v) is 2.26. The summed E-state index contributed by atoms with van der Waals surface area (Å²) in [7, 11) is 3.48. The molecule has 0 fully saturated rings. The van der Waals surface area contributed by atoms with Crippen LogP contribution in [-0.4, -0.2) is 43.7 Å². The van der Waals surface area contributed by atoms with E-state index in [1.54, 1.807) is 12.0 Å². The number of rotatable bonds is 4. The molecule has 0 radical (unpaired) electrons. The molecule has 2 rings (SSSR count). The number of nitrogens with zero attached hydrogens (tertiary/aromatic N) is 1. The summed E-state index contributed by atoms with van der Waals surface area (Å²) < 4.78 is 5.09. The molecule has 0 saturated carbocycles. The van der Waals surface area contributed by atoms with E-state index in [1.807, 2.05) is 32.2 Å². The third-order valence-corrected chi connectivity index (χ3v) is 3.49. The van der Waals surface area contributed by atoms with Gasteiger partial charge in [-0.2, -0.15) is 0 Å². The Morgan fingerprint density at radius 1 is 1.56 bits per heavy atom. The normalized spacial score (nSPS) is 18.9. The Morgan fingerprint density at radius 3 is 2.94 bits per heavy atom. The Kier molecular flexibility index (Phi) is 3.87. The lowest BCUT2D eigenvalue weighted by Crippen LogP contribution is -2.45. The minimum Gasteiger partial charge on any atom is -0.383 e. The number of hydrogen-bond acceptors (Lipinski definition) is 3. The van der Waals surface area contributed by atoms with Crippen LogP contribution >= 0.6 is 0 Å². The molecule has 1 unspecified atom stereocenters. The van der Waals surface area contributed by atoms with Crippen LogP contribution < -0.4 is 5.32 Å². The Labute approximate surface area is 108 Å². The average molecular weight is 248 g/mol. The third kappa shape index (κ3) is 2.48. The molecular formula is C14H20N2O2. The van der Waals surface area contributed by atoms with Crippen molar-refractivity contribution in [2.24, 2.45) is 0 Å². The second-order valence-electron chi connectivity index (χ2n) is 4.81. The van der Waals surface area contributed by atoms with Gasteiger partial charge in [-0.05, 0) is 18.6 Å². The second kappa shape index (κ2) is 5.40. The van der Waals surface area contributed by atoms with Crippen LogP contribution in [0.4, 0.5) is 5.69 Å². The standard InChI is InChI=1S/C14H20N2O2/c1-10(9-18-3)16(2)14(17)13-8-11-6-4-5-7-12(11)15-13/h4-7,10,13,15H,8-9H2,1-3H3/t10?,13-/m0/s1. The molecule has 98 valence electrons. The van der Waals surface area contributed by atoms with Crippen LogP contribution in [-0.2, 0) is 16.0 Å². The highest BCUT2D eigenvalue weighted by Crippen LogP contribution is 2.26. The topological polar surface area (TPSA) is 41.6 Å². The van der Waals surface area contributed by atoms with Gasteiger partial charge in [-0.25, -0.2) is 0 Å². The zero-order chi connectivity index (χ0) is 13.1. The fourth-order valence-electron chi connectivity index (χ4n) is 2.26. The number of likely N-dealkylation sites (N-methyl/N-ethyl adjacent to an activating group) is 1. The first-order chi connectivity index (χ1) is 8.63. The number of hydrogen-bond donors (Lipinski definition) is 1. The van der Waals surface area contributed by atoms with Crippen molar-refractivity contribution in [1.82, 2.24) is 4.90 Å². The minimum atomic E-state index is -0.147. The number of ether oxygens (including phenoxy) is 1. The summed E-state index contributed by atoms with van der Waals surface area (Å²) in [4.78, 5) is 14.1. The number of fused-ring (bicyclic) bond motifs is 1. The summed E-state index contributed by atoms with van der Waals surface area (Å²) in [5, 5.41) is 3.28. The van der Waals surface area contributed by atoms with Crippen molar-refractivity contribution < 1.29 is 9.53 Å². The van der Waals surface area contributed by atoms with Crippen LogP contribution in [0.3, 0.4) is 0 Å². The zero-order valence-corrected chi connectivity index (χ0v) is 11.1. The molecular weight excluding hydrogens is 228 g/mol. The maximum absolute atomic E-state index is 12.3. The van der Waals surface area contributed by atoms with Crippen LogP contribution in [0.25, 0.3) is 0 Å². The van der Waals surface area contributed by atoms with Crippen molar-refractivity contribution in [1.29, 1.82) is 0 Å². The highest BCUT2D eigenvalue weighted by molar-refractivity contribution is 5.87. The summed E-state index contributed by atoms with van der Waals surface area (Å²) in [6.07, 6.45) is 0.763. The van der Waals surface area contributed by atoms with E-state index in [1.165, 1.54) is 5.56 Å². The largest absolute Gasteiger partial charge is 0.383 e. The SMILES string of the molecule is COCC(C)N(C)C(=O)[C@@H]1Cc2ccccc2N1. The first kappa shape index (κ1) is 12.9. The third-order valence-electron chi connectivity index (χ3n) is 3.49. The predicted octanol–water partition coefficient (Wildman–Crippen LogP) is 1.52. The monoisotopic (exact) mass is 248 g/mol. The van der Waals surface area contributed by atoms with E-state index >= 15 is 0 Å². The molecule has 1 aliphatic rings. The molecule has 0 aliphatic carbocycles. The van der Waals surface area contributed by atoms with Crippen molar-refractivity contribution in [3.8, 4) is 0 Å². The quantitative estimate of drug-likeness (QED) is 0.878. The fraction of sp³-hybridized carbons (Fsp3) is 0.500. The Balaban J connectivity index is 2.00. The Morgan fingerprint density at radius 2 is 2.28 bits per heavy atom. The molecule has 4 heteroatoms. The van der Waals surface area contributed by atoms with Crippen molar-refractivity contribution >= 4 is 11.6 Å². The molecule has 1 aliphatic heterocycles. The van der Waals surface area contributed by atoms with Gasteiger partial charge < -0.3 is 15.0 Å². The van der Waals surface area contributed by atoms with Crippen molar-refractivity contribution in [3.05, 3.63) is 29.8 Å². The van der Waals surface area contributed by atoms with Crippen molar-refractivity contribution in [3.63, 3.8) is 0 Å². The highest BCUT2D eigenvalue weighted by atomic mass is 16.5. The predicted molar refractivity (Wildman–Crippen MR) is 71.7 cm³/mol. The first-order valence-corrected chi connectivity index (χ1v) is 6.23. The molecule has 1 aromatic rings. The van der Waals surface area contributed by atoms with Gasteiger partial charge in [-0.3, -0.25) is 4.79 Å². The lowest BCUT2D eigenvalue weighted by Gasteiger charge is -2.27. The molecule has 0 aromatic heterocycles. The van der Waals surface area contributed by atoms with Crippen molar-refractivity contribution in [2.45, 2.75) is 25.4 Å². The minimum absolute atomic E-state index is 0.0908. The first-order valence-electron chi connectivity index (χ1n) is 6.23. The smallest absolute Gasteiger partial charge is 0.245 e. The number of carbonyl (C=O) groups excluding carboxylic acids is 1. The molecule has 0 bridgehead atoms. The van der Waals surface area contributed by atoms with Crippen LogP contribution in [0.15, 0.2) is 24.3 Å². The summed E-state index contributed by atoms with van der Waals surface area (Å²) in [5.74, 6) is 0.121. The van der Waals surface area contributed by atoms with E-state index in [0.29, 0.717) is 6.61 Å². The van der Waals surface area contributed by atoms with E-state index in [9.17, 15) is 4.79 Å². The number of anilines is 1. The highest BCUT2D eigenvalue weighted by Gasteiger charge is 2.30. The number of amides is 1. The molecule has 1 aromatic carbocycles. The molecule has 18 heavy (non-hydrogen) atoms. The molecule has 2 atom stereocenters. The Bertz CT molecular complexity index is 409. The van der Waals surface area contributed by atoms with E-state index in [2.05, 4.69) is 11.4 Å². The summed E-state index contributed by atoms with van der Waals surface area (Å²) in [6, 6.07) is 8.01. The van der Waals surface area contributed by atoms with Crippen LogP contribution in [0.1, 0.15) is 12.5 Å². The molecule has 4 nitrogen and oxygen atoms in total. The molecule has 1 amide bonds. The molecule has 0 saturated heterocycles. The van der Waals surface area contributed by atoms with Crippen LogP contribution in [0.2, 0.25) is 0 Å². The summed E-state index contributed by atoms with van der Waals surface area (Å²) >= 11 is 0. The summed E-state index contributed by atoms with van der Waals surface area (Å²) in [5.41, 5.74) is 2.28. The van der Waals surface area contributed by atoms with Gasteiger partial charge >= 0.3 is 0 Å². The van der Waals surface area contributed by atoms with E-state index in [-0.39, 0.29) is 18.0 Å². The lowest BCUT2D eigenvalue weighted by molar-refractivity contribution is -0.133. The van der Waals surface area contributed by atoms with Gasteiger partial charge in [0, 0.05) is 26.3 Å². The molecule has 1 N–H and O–H groups in total. The Hall–Kier alpha value is -1.55. The molecule has 1 heterocycles. The van der Waals surface area contributed by atoms with Gasteiger partial charge in [0.1, 0.15) is 6.04 Å². The van der Waals surface area contributed by atoms with Crippen LogP contribution in [0, 0.1) is 0 Å². The number of benzene rings is 1.